The van der Waals surface area contributed by atoms with Crippen LogP contribution in [0.3, 0.4) is 0 Å². The Morgan fingerprint density at radius 1 is 1.07 bits per heavy atom. The van der Waals surface area contributed by atoms with Crippen LogP contribution in [0.5, 0.6) is 5.88 Å². The standard InChI is InChI=1S/C18H24ClN2O3PS2/c1-4-11-27-25(26,23-6-3)24-13-16-12-17(22-5-2)21-18(20-16)14-7-9-15(19)10-8-14/h7-10,12H,4-6,11,13H2,1-3H3/t25-/m0/s1. The fourth-order valence-corrected chi connectivity index (χ4v) is 6.76. The lowest BCUT2D eigenvalue weighted by Crippen LogP contribution is -2.03. The molecular formula is C18H24ClN2O3PS2. The summed E-state index contributed by atoms with van der Waals surface area (Å²) in [6, 6.07) is 9.14. The normalized spacial score (nSPS) is 13.3. The van der Waals surface area contributed by atoms with Gasteiger partial charge in [-0.15, -0.1) is 0 Å². The van der Waals surface area contributed by atoms with Crippen LogP contribution in [0.2, 0.25) is 5.02 Å². The van der Waals surface area contributed by atoms with Crippen molar-refractivity contribution in [3.05, 3.63) is 41.0 Å². The van der Waals surface area contributed by atoms with E-state index >= 15 is 0 Å². The zero-order valence-corrected chi connectivity index (χ0v) is 19.0. The van der Waals surface area contributed by atoms with Crippen LogP contribution < -0.4 is 4.74 Å². The van der Waals surface area contributed by atoms with Gasteiger partial charge in [-0.1, -0.05) is 29.9 Å². The van der Waals surface area contributed by atoms with Crippen LogP contribution in [0.25, 0.3) is 11.4 Å². The van der Waals surface area contributed by atoms with Crippen LogP contribution in [0.4, 0.5) is 0 Å². The first-order valence-electron chi connectivity index (χ1n) is 8.80. The number of nitrogens with zero attached hydrogens (tertiary/aromatic N) is 2. The second-order valence-corrected chi connectivity index (χ2v) is 12.3. The summed E-state index contributed by atoms with van der Waals surface area (Å²) >= 11 is 13.2. The quantitative estimate of drug-likeness (QED) is 0.385. The van der Waals surface area contributed by atoms with E-state index in [-0.39, 0.29) is 6.61 Å². The minimum absolute atomic E-state index is 0.247. The highest BCUT2D eigenvalue weighted by molar-refractivity contribution is 8.67. The van der Waals surface area contributed by atoms with Crippen molar-refractivity contribution in [1.29, 1.82) is 0 Å². The summed E-state index contributed by atoms with van der Waals surface area (Å²) in [5.74, 6) is 1.96. The van der Waals surface area contributed by atoms with Gasteiger partial charge in [0.05, 0.1) is 25.5 Å². The third kappa shape index (κ3) is 7.33. The maximum atomic E-state index is 6.00. The van der Waals surface area contributed by atoms with E-state index < -0.39 is 5.69 Å². The predicted octanol–water partition coefficient (Wildman–Crippen LogP) is 6.12. The van der Waals surface area contributed by atoms with Gasteiger partial charge < -0.3 is 13.8 Å². The zero-order chi connectivity index (χ0) is 19.7. The second kappa shape index (κ2) is 11.3. The molecule has 27 heavy (non-hydrogen) atoms. The number of benzene rings is 1. The van der Waals surface area contributed by atoms with Crippen molar-refractivity contribution in [2.45, 2.75) is 33.8 Å². The Morgan fingerprint density at radius 3 is 2.44 bits per heavy atom. The molecule has 1 atom stereocenters. The monoisotopic (exact) mass is 446 g/mol. The Bertz CT molecular complexity index is 778. The summed E-state index contributed by atoms with van der Waals surface area (Å²) < 4.78 is 17.3. The van der Waals surface area contributed by atoms with Crippen molar-refractivity contribution in [1.82, 2.24) is 9.97 Å². The molecule has 2 rings (SSSR count). The highest BCUT2D eigenvalue weighted by Gasteiger charge is 2.20. The molecule has 0 N–H and O–H groups in total. The van der Waals surface area contributed by atoms with Gasteiger partial charge in [0.1, 0.15) is 0 Å². The Hall–Kier alpha value is -0.690. The Labute approximate surface area is 175 Å². The van der Waals surface area contributed by atoms with Gasteiger partial charge in [0.15, 0.2) is 5.82 Å². The van der Waals surface area contributed by atoms with Crippen molar-refractivity contribution in [2.75, 3.05) is 19.0 Å². The summed E-state index contributed by atoms with van der Waals surface area (Å²) in [6.07, 6.45) is 1.02. The molecule has 5 nitrogen and oxygen atoms in total. The fourth-order valence-electron chi connectivity index (χ4n) is 2.11. The van der Waals surface area contributed by atoms with Gasteiger partial charge in [-0.05, 0) is 56.3 Å². The van der Waals surface area contributed by atoms with Crippen LogP contribution >= 0.6 is 28.7 Å². The molecule has 1 heterocycles. The molecule has 1 aromatic heterocycles. The van der Waals surface area contributed by atoms with Crippen LogP contribution in [0.15, 0.2) is 30.3 Å². The van der Waals surface area contributed by atoms with Gasteiger partial charge in [0.2, 0.25) is 11.6 Å². The van der Waals surface area contributed by atoms with Crippen molar-refractivity contribution >= 4 is 40.5 Å². The molecule has 0 fully saturated rings. The van der Waals surface area contributed by atoms with Gasteiger partial charge in [0.25, 0.3) is 0 Å². The van der Waals surface area contributed by atoms with E-state index in [1.54, 1.807) is 29.6 Å². The van der Waals surface area contributed by atoms with E-state index in [0.29, 0.717) is 35.6 Å². The van der Waals surface area contributed by atoms with E-state index in [0.717, 1.165) is 17.7 Å². The first-order valence-corrected chi connectivity index (χ1v) is 13.4. The first-order chi connectivity index (χ1) is 13.0. The third-order valence-electron chi connectivity index (χ3n) is 3.26. The fraction of sp³-hybridized carbons (Fsp3) is 0.444. The van der Waals surface area contributed by atoms with Crippen LogP contribution in [-0.2, 0) is 27.5 Å². The molecule has 9 heteroatoms. The number of hydrogen-bond acceptors (Lipinski definition) is 7. The predicted molar refractivity (Wildman–Crippen MR) is 117 cm³/mol. The first kappa shape index (κ1) is 22.6. The van der Waals surface area contributed by atoms with Crippen molar-refractivity contribution in [3.8, 4) is 17.3 Å². The molecule has 0 aliphatic carbocycles. The maximum absolute atomic E-state index is 6.00. The summed E-state index contributed by atoms with van der Waals surface area (Å²) in [7, 11) is 0. The topological polar surface area (TPSA) is 53.5 Å². The van der Waals surface area contributed by atoms with Gasteiger partial charge in [-0.3, -0.25) is 0 Å². The number of hydrogen-bond donors (Lipinski definition) is 0. The lowest BCUT2D eigenvalue weighted by Gasteiger charge is -2.20. The molecule has 1 aromatic carbocycles. The highest BCUT2D eigenvalue weighted by Crippen LogP contribution is 2.61. The van der Waals surface area contributed by atoms with Gasteiger partial charge in [0, 0.05) is 22.4 Å². The average molecular weight is 447 g/mol. The molecule has 0 bridgehead atoms. The second-order valence-electron chi connectivity index (χ2n) is 5.43. The summed E-state index contributed by atoms with van der Waals surface area (Å²) in [4.78, 5) is 9.07. The summed E-state index contributed by atoms with van der Waals surface area (Å²) in [5.41, 5.74) is -0.842. The average Bonchev–Trinajstić information content (AvgIpc) is 2.66. The van der Waals surface area contributed by atoms with Gasteiger partial charge in [-0.25, -0.2) is 4.98 Å². The van der Waals surface area contributed by atoms with Gasteiger partial charge >= 0.3 is 0 Å². The van der Waals surface area contributed by atoms with E-state index in [4.69, 9.17) is 37.2 Å². The zero-order valence-electron chi connectivity index (χ0n) is 15.7. The Morgan fingerprint density at radius 2 is 1.81 bits per heavy atom. The number of aromatic nitrogens is 2. The Kier molecular flexibility index (Phi) is 9.50. The lowest BCUT2D eigenvalue weighted by molar-refractivity contribution is 0.257. The summed E-state index contributed by atoms with van der Waals surface area (Å²) in [6.45, 7) is 7.23. The minimum atomic E-state index is -2.39. The molecule has 0 aliphatic heterocycles. The molecule has 2 aromatic rings. The number of halogens is 1. The molecule has 148 valence electrons. The molecule has 0 spiro atoms. The van der Waals surface area contributed by atoms with E-state index in [1.807, 2.05) is 26.0 Å². The molecule has 0 aliphatic rings. The van der Waals surface area contributed by atoms with E-state index in [2.05, 4.69) is 16.9 Å². The molecule has 0 amide bonds. The van der Waals surface area contributed by atoms with Crippen LogP contribution in [-0.4, -0.2) is 28.9 Å². The number of rotatable bonds is 11. The van der Waals surface area contributed by atoms with E-state index in [1.165, 1.54) is 0 Å². The van der Waals surface area contributed by atoms with Gasteiger partial charge in [-0.2, -0.15) is 4.98 Å². The number of ether oxygens (including phenoxy) is 1. The Balaban J connectivity index is 2.24. The van der Waals surface area contributed by atoms with Crippen LogP contribution in [0.1, 0.15) is 32.9 Å². The van der Waals surface area contributed by atoms with Crippen molar-refractivity contribution in [3.63, 3.8) is 0 Å². The highest BCUT2D eigenvalue weighted by atomic mass is 35.5. The molecular weight excluding hydrogens is 423 g/mol. The minimum Gasteiger partial charge on any atom is -0.478 e. The maximum Gasteiger partial charge on any atom is 0.247 e. The molecule has 0 saturated carbocycles. The largest absolute Gasteiger partial charge is 0.478 e. The van der Waals surface area contributed by atoms with Crippen molar-refractivity contribution in [2.24, 2.45) is 0 Å². The van der Waals surface area contributed by atoms with Crippen molar-refractivity contribution < 1.29 is 13.8 Å². The molecule has 0 unspecified atom stereocenters. The molecule has 0 radical (unpaired) electrons. The lowest BCUT2D eigenvalue weighted by atomic mass is 10.2. The smallest absolute Gasteiger partial charge is 0.247 e. The molecule has 0 saturated heterocycles. The van der Waals surface area contributed by atoms with Crippen LogP contribution in [0, 0.1) is 0 Å². The van der Waals surface area contributed by atoms with E-state index in [9.17, 15) is 0 Å². The third-order valence-corrected chi connectivity index (χ3v) is 9.15. The SMILES string of the molecule is CCCS[P@@](=S)(OCC)OCc1cc(OCC)nc(-c2ccc(Cl)cc2)n1. The summed E-state index contributed by atoms with van der Waals surface area (Å²) in [5, 5.41) is 0.661.